The van der Waals surface area contributed by atoms with Gasteiger partial charge in [-0.25, -0.2) is 0 Å². The zero-order valence-corrected chi connectivity index (χ0v) is 10.5. The summed E-state index contributed by atoms with van der Waals surface area (Å²) in [6, 6.07) is 7.94. The van der Waals surface area contributed by atoms with Crippen LogP contribution in [0.5, 0.6) is 0 Å². The van der Waals surface area contributed by atoms with Crippen LogP contribution in [-0.2, 0) is 16.0 Å². The highest BCUT2D eigenvalue weighted by Crippen LogP contribution is 2.19. The fourth-order valence-electron chi connectivity index (χ4n) is 1.80. The van der Waals surface area contributed by atoms with Gasteiger partial charge in [-0.1, -0.05) is 25.1 Å². The Morgan fingerprint density at radius 3 is 2.61 bits per heavy atom. The smallest absolute Gasteiger partial charge is 0.233 e. The number of para-hydroxylation sites is 1. The number of rotatable bonds is 5. The van der Waals surface area contributed by atoms with Gasteiger partial charge in [0.2, 0.25) is 11.8 Å². The van der Waals surface area contributed by atoms with Crippen molar-refractivity contribution in [3.05, 3.63) is 29.8 Å². The van der Waals surface area contributed by atoms with Gasteiger partial charge in [0.05, 0.1) is 0 Å². The quantitative estimate of drug-likeness (QED) is 0.779. The van der Waals surface area contributed by atoms with E-state index in [4.69, 9.17) is 0 Å². The zero-order chi connectivity index (χ0) is 13.0. The van der Waals surface area contributed by atoms with Crippen LogP contribution in [-0.4, -0.2) is 17.9 Å². The third kappa shape index (κ3) is 3.58. The van der Waals surface area contributed by atoms with Gasteiger partial charge in [0, 0.05) is 11.7 Å². The van der Waals surface area contributed by atoms with Gasteiger partial charge in [-0.2, -0.15) is 0 Å². The molecule has 1 aromatic rings. The molecule has 1 fully saturated rings. The highest BCUT2D eigenvalue weighted by Gasteiger charge is 2.24. The summed E-state index contributed by atoms with van der Waals surface area (Å²) >= 11 is 0. The highest BCUT2D eigenvalue weighted by atomic mass is 16.2. The Balaban J connectivity index is 1.87. The highest BCUT2D eigenvalue weighted by molar-refractivity contribution is 6.03. The molecule has 2 rings (SSSR count). The Kier molecular flexibility index (Phi) is 3.97. The largest absolute Gasteiger partial charge is 0.353 e. The summed E-state index contributed by atoms with van der Waals surface area (Å²) in [5, 5.41) is 5.59. The van der Waals surface area contributed by atoms with Crippen LogP contribution in [0, 0.1) is 0 Å². The Morgan fingerprint density at radius 1 is 1.22 bits per heavy atom. The van der Waals surface area contributed by atoms with E-state index in [2.05, 4.69) is 10.6 Å². The third-order valence-corrected chi connectivity index (χ3v) is 2.94. The van der Waals surface area contributed by atoms with Crippen LogP contribution in [0.1, 0.15) is 31.7 Å². The first-order chi connectivity index (χ1) is 8.69. The molecule has 0 heterocycles. The van der Waals surface area contributed by atoms with Crippen LogP contribution >= 0.6 is 0 Å². The minimum absolute atomic E-state index is 0.103. The summed E-state index contributed by atoms with van der Waals surface area (Å²) in [4.78, 5) is 23.2. The zero-order valence-electron chi connectivity index (χ0n) is 10.5. The van der Waals surface area contributed by atoms with E-state index in [-0.39, 0.29) is 18.2 Å². The summed E-state index contributed by atoms with van der Waals surface area (Å²) < 4.78 is 0. The second kappa shape index (κ2) is 5.67. The lowest BCUT2D eigenvalue weighted by atomic mass is 10.1. The van der Waals surface area contributed by atoms with Gasteiger partial charge in [0.1, 0.15) is 6.42 Å². The molecule has 96 valence electrons. The normalized spacial score (nSPS) is 14.1. The lowest BCUT2D eigenvalue weighted by Crippen LogP contribution is -2.29. The van der Waals surface area contributed by atoms with Gasteiger partial charge in [-0.15, -0.1) is 0 Å². The lowest BCUT2D eigenvalue weighted by Gasteiger charge is -2.09. The van der Waals surface area contributed by atoms with Crippen molar-refractivity contribution in [2.75, 3.05) is 5.32 Å². The first-order valence-electron chi connectivity index (χ1n) is 6.36. The van der Waals surface area contributed by atoms with Crippen molar-refractivity contribution in [1.82, 2.24) is 5.32 Å². The molecule has 0 spiro atoms. The van der Waals surface area contributed by atoms with E-state index < -0.39 is 0 Å². The maximum Gasteiger partial charge on any atom is 0.233 e. The summed E-state index contributed by atoms with van der Waals surface area (Å²) in [5.74, 6) is -0.446. The van der Waals surface area contributed by atoms with Crippen molar-refractivity contribution in [3.8, 4) is 0 Å². The first-order valence-corrected chi connectivity index (χ1v) is 6.36. The van der Waals surface area contributed by atoms with Crippen molar-refractivity contribution in [2.45, 2.75) is 38.6 Å². The topological polar surface area (TPSA) is 58.2 Å². The lowest BCUT2D eigenvalue weighted by molar-refractivity contribution is -0.126. The molecule has 2 amide bonds. The predicted octanol–water partition coefficient (Wildman–Crippen LogP) is 1.86. The minimum atomic E-state index is -0.256. The van der Waals surface area contributed by atoms with E-state index in [1.165, 1.54) is 0 Å². The fraction of sp³-hybridized carbons (Fsp3) is 0.429. The Labute approximate surface area is 107 Å². The van der Waals surface area contributed by atoms with Crippen LogP contribution in [0.3, 0.4) is 0 Å². The average molecular weight is 246 g/mol. The number of amides is 2. The molecule has 1 aromatic carbocycles. The number of carbonyl (C=O) groups is 2. The summed E-state index contributed by atoms with van der Waals surface area (Å²) in [6.45, 7) is 2.03. The van der Waals surface area contributed by atoms with E-state index in [0.717, 1.165) is 30.5 Å². The van der Waals surface area contributed by atoms with Crippen molar-refractivity contribution >= 4 is 17.5 Å². The van der Waals surface area contributed by atoms with Crippen LogP contribution in [0.25, 0.3) is 0 Å². The van der Waals surface area contributed by atoms with Crippen LogP contribution in [0.2, 0.25) is 0 Å². The second-order valence-corrected chi connectivity index (χ2v) is 4.58. The number of hydrogen-bond acceptors (Lipinski definition) is 2. The molecule has 0 aromatic heterocycles. The Hall–Kier alpha value is -1.84. The van der Waals surface area contributed by atoms with E-state index >= 15 is 0 Å². The van der Waals surface area contributed by atoms with E-state index in [1.807, 2.05) is 31.2 Å². The number of nitrogens with one attached hydrogen (secondary N) is 2. The van der Waals surface area contributed by atoms with Gasteiger partial charge in [0.25, 0.3) is 0 Å². The molecular formula is C14H18N2O2. The summed E-state index contributed by atoms with van der Waals surface area (Å²) in [6.07, 6.45) is 2.82. The maximum absolute atomic E-state index is 11.7. The molecule has 1 aliphatic rings. The van der Waals surface area contributed by atoms with Crippen LogP contribution in [0.4, 0.5) is 5.69 Å². The van der Waals surface area contributed by atoms with Gasteiger partial charge in [0.15, 0.2) is 0 Å². The molecule has 1 saturated carbocycles. The molecule has 0 radical (unpaired) electrons. The number of carbonyl (C=O) groups excluding carboxylic acids is 2. The standard InChI is InChI=1S/C14H18N2O2/c1-2-10-5-3-4-6-12(10)16-14(18)9-13(17)15-11-7-8-11/h3-6,11H,2,7-9H2,1H3,(H,15,17)(H,16,18). The molecule has 2 N–H and O–H groups in total. The van der Waals surface area contributed by atoms with Crippen LogP contribution < -0.4 is 10.6 Å². The van der Waals surface area contributed by atoms with Gasteiger partial charge in [-0.3, -0.25) is 9.59 Å². The molecule has 4 nitrogen and oxygen atoms in total. The molecular weight excluding hydrogens is 228 g/mol. The van der Waals surface area contributed by atoms with Gasteiger partial charge in [-0.05, 0) is 30.9 Å². The van der Waals surface area contributed by atoms with E-state index in [1.54, 1.807) is 0 Å². The van der Waals surface area contributed by atoms with Crippen molar-refractivity contribution in [1.29, 1.82) is 0 Å². The van der Waals surface area contributed by atoms with Crippen molar-refractivity contribution in [2.24, 2.45) is 0 Å². The van der Waals surface area contributed by atoms with E-state index in [9.17, 15) is 9.59 Å². The van der Waals surface area contributed by atoms with Crippen LogP contribution in [0.15, 0.2) is 24.3 Å². The molecule has 0 atom stereocenters. The number of benzene rings is 1. The summed E-state index contributed by atoms with van der Waals surface area (Å²) in [7, 11) is 0. The number of aryl methyl sites for hydroxylation is 1. The minimum Gasteiger partial charge on any atom is -0.353 e. The first kappa shape index (κ1) is 12.6. The predicted molar refractivity (Wildman–Crippen MR) is 70.2 cm³/mol. The van der Waals surface area contributed by atoms with E-state index in [0.29, 0.717) is 6.04 Å². The molecule has 0 bridgehead atoms. The molecule has 18 heavy (non-hydrogen) atoms. The third-order valence-electron chi connectivity index (χ3n) is 2.94. The van der Waals surface area contributed by atoms with Crippen molar-refractivity contribution in [3.63, 3.8) is 0 Å². The maximum atomic E-state index is 11.7. The fourth-order valence-corrected chi connectivity index (χ4v) is 1.80. The molecule has 0 saturated heterocycles. The Morgan fingerprint density at radius 2 is 1.94 bits per heavy atom. The molecule has 0 aliphatic heterocycles. The monoisotopic (exact) mass is 246 g/mol. The van der Waals surface area contributed by atoms with Crippen molar-refractivity contribution < 1.29 is 9.59 Å². The molecule has 4 heteroatoms. The number of hydrogen-bond donors (Lipinski definition) is 2. The molecule has 1 aliphatic carbocycles. The molecule has 0 unspecified atom stereocenters. The average Bonchev–Trinajstić information content (AvgIpc) is 3.13. The summed E-state index contributed by atoms with van der Waals surface area (Å²) in [5.41, 5.74) is 1.87. The second-order valence-electron chi connectivity index (χ2n) is 4.58. The number of anilines is 1. The van der Waals surface area contributed by atoms with Gasteiger partial charge >= 0.3 is 0 Å². The SMILES string of the molecule is CCc1ccccc1NC(=O)CC(=O)NC1CC1. The van der Waals surface area contributed by atoms with Gasteiger partial charge < -0.3 is 10.6 Å². The Bertz CT molecular complexity index is 453.